The van der Waals surface area contributed by atoms with Crippen LogP contribution < -0.4 is 0 Å². The lowest BCUT2D eigenvalue weighted by molar-refractivity contribution is 0.0681. The fraction of sp³-hybridized carbons (Fsp3) is 0.214. The number of carboxylic acid groups (broad SMARTS) is 1. The average molecular weight is 255 g/mol. The Morgan fingerprint density at radius 3 is 2.42 bits per heavy atom. The Bertz CT molecular complexity index is 648. The molecule has 0 unspecified atom stereocenters. The predicted octanol–water partition coefficient (Wildman–Crippen LogP) is 2.70. The lowest BCUT2D eigenvalue weighted by Crippen LogP contribution is -2.11. The second kappa shape index (κ2) is 4.94. The maximum atomic E-state index is 11.2. The topological polar surface area (TPSA) is 78.9 Å². The molecule has 1 aromatic carbocycles. The molecule has 0 aliphatic rings. The van der Waals surface area contributed by atoms with Gasteiger partial charge in [0.2, 0.25) is 0 Å². The molecule has 5 nitrogen and oxygen atoms in total. The summed E-state index contributed by atoms with van der Waals surface area (Å²) in [6.07, 6.45) is 0. The van der Waals surface area contributed by atoms with Crippen LogP contribution in [-0.4, -0.2) is 20.9 Å². The standard InChI is InChI=1S/C14H13N3O2/c1-9(2)17-13(14(18)19)7-12(16-17)11-5-3-10(8-15)4-6-11/h3-7,9H,1-2H3,(H,18,19). The molecule has 1 heterocycles. The Morgan fingerprint density at radius 2 is 2.00 bits per heavy atom. The molecule has 0 aliphatic carbocycles. The molecule has 2 aromatic rings. The number of hydrogen-bond acceptors (Lipinski definition) is 3. The maximum absolute atomic E-state index is 11.2. The molecule has 0 bridgehead atoms. The summed E-state index contributed by atoms with van der Waals surface area (Å²) < 4.78 is 1.48. The molecule has 0 radical (unpaired) electrons. The van der Waals surface area contributed by atoms with E-state index in [9.17, 15) is 4.79 Å². The van der Waals surface area contributed by atoms with Gasteiger partial charge in [0.1, 0.15) is 5.69 Å². The highest BCUT2D eigenvalue weighted by Gasteiger charge is 2.16. The zero-order valence-corrected chi connectivity index (χ0v) is 10.7. The number of benzene rings is 1. The Balaban J connectivity index is 2.48. The SMILES string of the molecule is CC(C)n1nc(-c2ccc(C#N)cc2)cc1C(=O)O. The first-order valence-electron chi connectivity index (χ1n) is 5.86. The highest BCUT2D eigenvalue weighted by molar-refractivity contribution is 5.87. The third kappa shape index (κ3) is 2.47. The quantitative estimate of drug-likeness (QED) is 0.914. The van der Waals surface area contributed by atoms with Crippen LogP contribution >= 0.6 is 0 Å². The second-order valence-corrected chi connectivity index (χ2v) is 4.45. The Hall–Kier alpha value is -2.61. The molecule has 1 N–H and O–H groups in total. The molecule has 0 saturated heterocycles. The van der Waals surface area contributed by atoms with E-state index in [1.165, 1.54) is 4.68 Å². The van der Waals surface area contributed by atoms with Crippen LogP contribution in [0, 0.1) is 11.3 Å². The summed E-state index contributed by atoms with van der Waals surface area (Å²) in [5, 5.41) is 22.2. The zero-order valence-electron chi connectivity index (χ0n) is 10.7. The van der Waals surface area contributed by atoms with Crippen molar-refractivity contribution in [3.05, 3.63) is 41.6 Å². The van der Waals surface area contributed by atoms with E-state index in [0.717, 1.165) is 5.56 Å². The third-order valence-corrected chi connectivity index (χ3v) is 2.75. The fourth-order valence-corrected chi connectivity index (χ4v) is 1.80. The van der Waals surface area contributed by atoms with Gasteiger partial charge in [-0.3, -0.25) is 4.68 Å². The van der Waals surface area contributed by atoms with Crippen molar-refractivity contribution in [3.8, 4) is 17.3 Å². The van der Waals surface area contributed by atoms with Crippen molar-refractivity contribution in [2.24, 2.45) is 0 Å². The molecule has 19 heavy (non-hydrogen) atoms. The summed E-state index contributed by atoms with van der Waals surface area (Å²) in [5.41, 5.74) is 2.11. The summed E-state index contributed by atoms with van der Waals surface area (Å²) in [5.74, 6) is -0.999. The molecular weight excluding hydrogens is 242 g/mol. The van der Waals surface area contributed by atoms with Crippen LogP contribution in [0.25, 0.3) is 11.3 Å². The average Bonchev–Trinajstić information content (AvgIpc) is 2.84. The summed E-state index contributed by atoms with van der Waals surface area (Å²) in [4.78, 5) is 11.2. The van der Waals surface area contributed by atoms with E-state index in [4.69, 9.17) is 10.4 Å². The van der Waals surface area contributed by atoms with Gasteiger partial charge < -0.3 is 5.11 Å². The first-order chi connectivity index (χ1) is 9.02. The van der Waals surface area contributed by atoms with Gasteiger partial charge in [-0.05, 0) is 32.0 Å². The van der Waals surface area contributed by atoms with Crippen molar-refractivity contribution in [2.75, 3.05) is 0 Å². The minimum atomic E-state index is -0.999. The van der Waals surface area contributed by atoms with E-state index in [2.05, 4.69) is 5.10 Å². The molecule has 0 atom stereocenters. The number of carboxylic acids is 1. The van der Waals surface area contributed by atoms with Gasteiger partial charge in [0.05, 0.1) is 17.3 Å². The van der Waals surface area contributed by atoms with Crippen molar-refractivity contribution >= 4 is 5.97 Å². The van der Waals surface area contributed by atoms with Gasteiger partial charge in [-0.1, -0.05) is 12.1 Å². The van der Waals surface area contributed by atoms with E-state index < -0.39 is 5.97 Å². The summed E-state index contributed by atoms with van der Waals surface area (Å²) >= 11 is 0. The Kier molecular flexibility index (Phi) is 3.34. The van der Waals surface area contributed by atoms with E-state index >= 15 is 0 Å². The smallest absolute Gasteiger partial charge is 0.354 e. The fourth-order valence-electron chi connectivity index (χ4n) is 1.80. The number of carbonyl (C=O) groups is 1. The van der Waals surface area contributed by atoms with Crippen LogP contribution in [0.5, 0.6) is 0 Å². The Labute approximate surface area is 110 Å². The van der Waals surface area contributed by atoms with Gasteiger partial charge in [0, 0.05) is 11.6 Å². The number of aromatic nitrogens is 2. The third-order valence-electron chi connectivity index (χ3n) is 2.75. The van der Waals surface area contributed by atoms with E-state index in [1.54, 1.807) is 30.3 Å². The normalized spacial score (nSPS) is 10.4. The molecular formula is C14H13N3O2. The van der Waals surface area contributed by atoms with Gasteiger partial charge in [-0.25, -0.2) is 4.79 Å². The lowest BCUT2D eigenvalue weighted by Gasteiger charge is -2.07. The highest BCUT2D eigenvalue weighted by Crippen LogP contribution is 2.21. The largest absolute Gasteiger partial charge is 0.477 e. The van der Waals surface area contributed by atoms with Crippen molar-refractivity contribution in [1.29, 1.82) is 5.26 Å². The summed E-state index contributed by atoms with van der Waals surface area (Å²) in [6.45, 7) is 3.75. The van der Waals surface area contributed by atoms with Gasteiger partial charge in [-0.15, -0.1) is 0 Å². The monoisotopic (exact) mass is 255 g/mol. The Morgan fingerprint density at radius 1 is 1.37 bits per heavy atom. The van der Waals surface area contributed by atoms with Crippen LogP contribution in [0.3, 0.4) is 0 Å². The lowest BCUT2D eigenvalue weighted by atomic mass is 10.1. The highest BCUT2D eigenvalue weighted by atomic mass is 16.4. The molecule has 0 amide bonds. The van der Waals surface area contributed by atoms with Gasteiger partial charge in [0.15, 0.2) is 0 Å². The molecule has 96 valence electrons. The zero-order chi connectivity index (χ0) is 14.0. The van der Waals surface area contributed by atoms with Gasteiger partial charge in [0.25, 0.3) is 0 Å². The van der Waals surface area contributed by atoms with E-state index in [-0.39, 0.29) is 11.7 Å². The maximum Gasteiger partial charge on any atom is 0.354 e. The number of nitrogens with zero attached hydrogens (tertiary/aromatic N) is 3. The van der Waals surface area contributed by atoms with Gasteiger partial charge in [-0.2, -0.15) is 10.4 Å². The number of aromatic carboxylic acids is 1. The molecule has 0 fully saturated rings. The second-order valence-electron chi connectivity index (χ2n) is 4.45. The summed E-state index contributed by atoms with van der Waals surface area (Å²) in [6, 6.07) is 10.4. The molecule has 1 aromatic heterocycles. The first-order valence-corrected chi connectivity index (χ1v) is 5.86. The number of nitriles is 1. The minimum absolute atomic E-state index is 0.0294. The molecule has 0 saturated carbocycles. The first kappa shape index (κ1) is 12.8. The van der Waals surface area contributed by atoms with Crippen LogP contribution in [0.1, 0.15) is 35.9 Å². The predicted molar refractivity (Wildman–Crippen MR) is 69.7 cm³/mol. The molecule has 2 rings (SSSR count). The van der Waals surface area contributed by atoms with Crippen molar-refractivity contribution in [1.82, 2.24) is 9.78 Å². The molecule has 5 heteroatoms. The number of hydrogen-bond donors (Lipinski definition) is 1. The molecule has 0 aliphatic heterocycles. The molecule has 0 spiro atoms. The van der Waals surface area contributed by atoms with E-state index in [0.29, 0.717) is 11.3 Å². The van der Waals surface area contributed by atoms with Gasteiger partial charge >= 0.3 is 5.97 Å². The summed E-state index contributed by atoms with van der Waals surface area (Å²) in [7, 11) is 0. The van der Waals surface area contributed by atoms with Crippen LogP contribution in [-0.2, 0) is 0 Å². The minimum Gasteiger partial charge on any atom is -0.477 e. The van der Waals surface area contributed by atoms with E-state index in [1.807, 2.05) is 19.9 Å². The van der Waals surface area contributed by atoms with Crippen LogP contribution in [0.15, 0.2) is 30.3 Å². The van der Waals surface area contributed by atoms with Crippen LogP contribution in [0.2, 0.25) is 0 Å². The van der Waals surface area contributed by atoms with Crippen molar-refractivity contribution < 1.29 is 9.90 Å². The van der Waals surface area contributed by atoms with Crippen LogP contribution in [0.4, 0.5) is 0 Å². The number of rotatable bonds is 3. The van der Waals surface area contributed by atoms with Crippen molar-refractivity contribution in [2.45, 2.75) is 19.9 Å². The van der Waals surface area contributed by atoms with Crippen molar-refractivity contribution in [3.63, 3.8) is 0 Å².